The van der Waals surface area contributed by atoms with Gasteiger partial charge in [-0.2, -0.15) is 0 Å². The van der Waals surface area contributed by atoms with Crippen LogP contribution in [0.2, 0.25) is 0 Å². The van der Waals surface area contributed by atoms with Crippen molar-refractivity contribution in [3.63, 3.8) is 0 Å². The average Bonchev–Trinajstić information content (AvgIpc) is 2.47. The van der Waals surface area contributed by atoms with E-state index < -0.39 is 10.0 Å². The topological polar surface area (TPSA) is 76.7 Å². The number of nitrogens with one attached hydrogen (secondary N) is 2. The largest absolute Gasteiger partial charge is 0.497 e. The molecular weight excluding hydrogens is 280 g/mol. The van der Waals surface area contributed by atoms with E-state index in [1.54, 1.807) is 6.07 Å². The van der Waals surface area contributed by atoms with Gasteiger partial charge in [0.15, 0.2) is 0 Å². The molecule has 0 unspecified atom stereocenters. The molecular formula is C13H20N2O4S. The molecule has 1 fully saturated rings. The van der Waals surface area contributed by atoms with Gasteiger partial charge >= 0.3 is 0 Å². The van der Waals surface area contributed by atoms with Gasteiger partial charge in [0.05, 0.1) is 19.1 Å². The molecule has 2 rings (SSSR count). The molecule has 1 aromatic rings. The maximum Gasteiger partial charge on any atom is 0.241 e. The van der Waals surface area contributed by atoms with Crippen LogP contribution in [0.4, 0.5) is 0 Å². The standard InChI is InChI=1S/C13H20N2O4S/c1-18-11-7-12(19-2)9-13(8-11)20(16,17)15-10-3-5-14-6-4-10/h7-10,14-15H,3-6H2,1-2H3. The summed E-state index contributed by atoms with van der Waals surface area (Å²) in [5, 5.41) is 3.20. The molecule has 2 N–H and O–H groups in total. The SMILES string of the molecule is COc1cc(OC)cc(S(=O)(=O)NC2CCNCC2)c1. The highest BCUT2D eigenvalue weighted by Crippen LogP contribution is 2.25. The fourth-order valence-electron chi connectivity index (χ4n) is 2.16. The van der Waals surface area contributed by atoms with Crippen LogP contribution in [0.15, 0.2) is 23.1 Å². The molecule has 20 heavy (non-hydrogen) atoms. The van der Waals surface area contributed by atoms with Crippen molar-refractivity contribution in [3.05, 3.63) is 18.2 Å². The Balaban J connectivity index is 2.23. The molecule has 0 saturated carbocycles. The lowest BCUT2D eigenvalue weighted by Crippen LogP contribution is -2.42. The van der Waals surface area contributed by atoms with Crippen LogP contribution < -0.4 is 19.5 Å². The molecule has 1 heterocycles. The van der Waals surface area contributed by atoms with E-state index in [-0.39, 0.29) is 10.9 Å². The zero-order valence-electron chi connectivity index (χ0n) is 11.7. The highest BCUT2D eigenvalue weighted by atomic mass is 32.2. The second-order valence-electron chi connectivity index (χ2n) is 4.69. The van der Waals surface area contributed by atoms with Crippen molar-refractivity contribution in [2.24, 2.45) is 0 Å². The van der Waals surface area contributed by atoms with Gasteiger partial charge < -0.3 is 14.8 Å². The first-order valence-corrected chi connectivity index (χ1v) is 7.99. The molecule has 0 amide bonds. The Hall–Kier alpha value is -1.31. The smallest absolute Gasteiger partial charge is 0.241 e. The first-order chi connectivity index (χ1) is 9.55. The molecule has 0 atom stereocenters. The predicted molar refractivity (Wildman–Crippen MR) is 75.8 cm³/mol. The Bertz CT molecular complexity index is 531. The van der Waals surface area contributed by atoms with Crippen molar-refractivity contribution in [1.29, 1.82) is 0 Å². The number of sulfonamides is 1. The van der Waals surface area contributed by atoms with E-state index in [0.29, 0.717) is 11.5 Å². The van der Waals surface area contributed by atoms with Crippen LogP contribution in [0, 0.1) is 0 Å². The molecule has 1 aliphatic heterocycles. The lowest BCUT2D eigenvalue weighted by molar-refractivity contribution is 0.391. The molecule has 6 nitrogen and oxygen atoms in total. The van der Waals surface area contributed by atoms with E-state index in [1.807, 2.05) is 0 Å². The summed E-state index contributed by atoms with van der Waals surface area (Å²) in [7, 11) is -0.580. The number of hydrogen-bond donors (Lipinski definition) is 2. The van der Waals surface area contributed by atoms with Crippen molar-refractivity contribution in [3.8, 4) is 11.5 Å². The fraction of sp³-hybridized carbons (Fsp3) is 0.538. The van der Waals surface area contributed by atoms with E-state index in [4.69, 9.17) is 9.47 Å². The normalized spacial score (nSPS) is 16.9. The summed E-state index contributed by atoms with van der Waals surface area (Å²) in [6.07, 6.45) is 1.58. The summed E-state index contributed by atoms with van der Waals surface area (Å²) in [6, 6.07) is 4.60. The maximum absolute atomic E-state index is 12.4. The van der Waals surface area contributed by atoms with Gasteiger partial charge in [-0.25, -0.2) is 13.1 Å². The Morgan fingerprint density at radius 1 is 1.10 bits per heavy atom. The molecule has 1 saturated heterocycles. The highest BCUT2D eigenvalue weighted by molar-refractivity contribution is 7.89. The van der Waals surface area contributed by atoms with Gasteiger partial charge in [-0.15, -0.1) is 0 Å². The van der Waals surface area contributed by atoms with Crippen molar-refractivity contribution in [2.45, 2.75) is 23.8 Å². The van der Waals surface area contributed by atoms with Crippen molar-refractivity contribution < 1.29 is 17.9 Å². The number of piperidine rings is 1. The van der Waals surface area contributed by atoms with Gasteiger partial charge in [-0.05, 0) is 25.9 Å². The zero-order chi connectivity index (χ0) is 14.6. The van der Waals surface area contributed by atoms with Gasteiger partial charge in [0.1, 0.15) is 11.5 Å². The lowest BCUT2D eigenvalue weighted by atomic mass is 10.1. The second-order valence-corrected chi connectivity index (χ2v) is 6.41. The minimum absolute atomic E-state index is 0.0292. The summed E-state index contributed by atoms with van der Waals surface area (Å²) >= 11 is 0. The third-order valence-corrected chi connectivity index (χ3v) is 4.80. The first kappa shape index (κ1) is 15.1. The average molecular weight is 300 g/mol. The van der Waals surface area contributed by atoms with Crippen LogP contribution in [-0.4, -0.2) is 41.8 Å². The second kappa shape index (κ2) is 6.43. The van der Waals surface area contributed by atoms with Crippen molar-refractivity contribution in [1.82, 2.24) is 10.0 Å². The summed E-state index contributed by atoms with van der Waals surface area (Å²) in [4.78, 5) is 0.159. The first-order valence-electron chi connectivity index (χ1n) is 6.51. The molecule has 7 heteroatoms. The summed E-state index contributed by atoms with van der Waals surface area (Å²) in [5.74, 6) is 0.907. The van der Waals surface area contributed by atoms with E-state index in [1.165, 1.54) is 26.4 Å². The molecule has 0 aliphatic carbocycles. The van der Waals surface area contributed by atoms with Crippen LogP contribution >= 0.6 is 0 Å². The fourth-order valence-corrected chi connectivity index (χ4v) is 3.52. The highest BCUT2D eigenvalue weighted by Gasteiger charge is 2.22. The van der Waals surface area contributed by atoms with E-state index in [0.717, 1.165) is 25.9 Å². The van der Waals surface area contributed by atoms with Crippen LogP contribution in [-0.2, 0) is 10.0 Å². The van der Waals surface area contributed by atoms with Crippen LogP contribution in [0.5, 0.6) is 11.5 Å². The lowest BCUT2D eigenvalue weighted by Gasteiger charge is -2.23. The quantitative estimate of drug-likeness (QED) is 0.838. The van der Waals surface area contributed by atoms with E-state index in [9.17, 15) is 8.42 Å². The summed E-state index contributed by atoms with van der Waals surface area (Å²) in [6.45, 7) is 1.66. The minimum Gasteiger partial charge on any atom is -0.497 e. The number of hydrogen-bond acceptors (Lipinski definition) is 5. The molecule has 1 aliphatic rings. The Kier molecular flexibility index (Phi) is 4.85. The number of rotatable bonds is 5. The molecule has 0 radical (unpaired) electrons. The Labute approximate surface area is 119 Å². The maximum atomic E-state index is 12.4. The van der Waals surface area contributed by atoms with Crippen LogP contribution in [0.25, 0.3) is 0 Å². The van der Waals surface area contributed by atoms with Gasteiger partial charge in [-0.3, -0.25) is 0 Å². The molecule has 0 spiro atoms. The van der Waals surface area contributed by atoms with Crippen molar-refractivity contribution in [2.75, 3.05) is 27.3 Å². The van der Waals surface area contributed by atoms with Gasteiger partial charge in [0.2, 0.25) is 10.0 Å². The number of ether oxygens (including phenoxy) is 2. The number of benzene rings is 1. The van der Waals surface area contributed by atoms with E-state index in [2.05, 4.69) is 10.0 Å². The minimum atomic E-state index is -3.56. The Morgan fingerprint density at radius 2 is 1.65 bits per heavy atom. The van der Waals surface area contributed by atoms with Gasteiger partial charge in [-0.1, -0.05) is 0 Å². The van der Waals surface area contributed by atoms with Crippen molar-refractivity contribution >= 4 is 10.0 Å². The zero-order valence-corrected chi connectivity index (χ0v) is 12.5. The van der Waals surface area contributed by atoms with Crippen LogP contribution in [0.3, 0.4) is 0 Å². The predicted octanol–water partition coefficient (Wildman–Crippen LogP) is 0.734. The number of methoxy groups -OCH3 is 2. The summed E-state index contributed by atoms with van der Waals surface area (Å²) in [5.41, 5.74) is 0. The Morgan fingerprint density at radius 3 is 2.15 bits per heavy atom. The third-order valence-electron chi connectivity index (χ3n) is 3.30. The van der Waals surface area contributed by atoms with Gasteiger partial charge in [0, 0.05) is 24.2 Å². The molecule has 112 valence electrons. The summed E-state index contributed by atoms with van der Waals surface area (Å²) < 4.78 is 37.7. The molecule has 1 aromatic carbocycles. The van der Waals surface area contributed by atoms with Crippen LogP contribution in [0.1, 0.15) is 12.8 Å². The van der Waals surface area contributed by atoms with Gasteiger partial charge in [0.25, 0.3) is 0 Å². The monoisotopic (exact) mass is 300 g/mol. The molecule has 0 bridgehead atoms. The third kappa shape index (κ3) is 3.62. The molecule has 0 aromatic heterocycles. The van der Waals surface area contributed by atoms with E-state index >= 15 is 0 Å².